The SMILES string of the molecule is NC(CO)(C(=O)O)C12CC3CC(CC(C3)C1)C2. The highest BCUT2D eigenvalue weighted by molar-refractivity contribution is 5.80. The summed E-state index contributed by atoms with van der Waals surface area (Å²) in [6.07, 6.45) is 6.47. The average Bonchev–Trinajstić information content (AvgIpc) is 2.25. The van der Waals surface area contributed by atoms with E-state index in [9.17, 15) is 15.0 Å². The molecule has 0 radical (unpaired) electrons. The van der Waals surface area contributed by atoms with Crippen LogP contribution in [0.5, 0.6) is 0 Å². The molecular formula is C13H21NO3. The molecule has 17 heavy (non-hydrogen) atoms. The Hall–Kier alpha value is -0.610. The van der Waals surface area contributed by atoms with Crippen LogP contribution < -0.4 is 5.73 Å². The molecule has 96 valence electrons. The monoisotopic (exact) mass is 239 g/mol. The van der Waals surface area contributed by atoms with Gasteiger partial charge in [-0.25, -0.2) is 0 Å². The van der Waals surface area contributed by atoms with Crippen LogP contribution in [0.3, 0.4) is 0 Å². The average molecular weight is 239 g/mol. The first-order valence-corrected chi connectivity index (χ1v) is 6.62. The van der Waals surface area contributed by atoms with E-state index in [0.29, 0.717) is 17.8 Å². The van der Waals surface area contributed by atoms with Crippen LogP contribution >= 0.6 is 0 Å². The Morgan fingerprint density at radius 2 is 1.59 bits per heavy atom. The summed E-state index contributed by atoms with van der Waals surface area (Å²) in [6.45, 7) is -0.436. The molecule has 4 aliphatic rings. The summed E-state index contributed by atoms with van der Waals surface area (Å²) in [5.74, 6) is 0.919. The summed E-state index contributed by atoms with van der Waals surface area (Å²) in [4.78, 5) is 11.5. The van der Waals surface area contributed by atoms with E-state index >= 15 is 0 Å². The lowest BCUT2D eigenvalue weighted by atomic mass is 9.45. The maximum absolute atomic E-state index is 11.5. The van der Waals surface area contributed by atoms with Crippen LogP contribution in [-0.4, -0.2) is 28.3 Å². The van der Waals surface area contributed by atoms with Crippen molar-refractivity contribution in [2.75, 3.05) is 6.61 Å². The lowest BCUT2D eigenvalue weighted by molar-refractivity contribution is -0.166. The van der Waals surface area contributed by atoms with Gasteiger partial charge in [0.15, 0.2) is 0 Å². The predicted molar refractivity (Wildman–Crippen MR) is 62.2 cm³/mol. The van der Waals surface area contributed by atoms with Gasteiger partial charge >= 0.3 is 5.97 Å². The minimum atomic E-state index is -1.43. The zero-order valence-corrected chi connectivity index (χ0v) is 10.1. The Labute approximate surface area is 101 Å². The second kappa shape index (κ2) is 3.45. The van der Waals surface area contributed by atoms with Crippen molar-refractivity contribution in [2.24, 2.45) is 28.9 Å². The zero-order valence-electron chi connectivity index (χ0n) is 10.1. The molecule has 0 aromatic heterocycles. The molecule has 0 aromatic rings. The second-order valence-corrected chi connectivity index (χ2v) is 6.63. The van der Waals surface area contributed by atoms with Crippen LogP contribution in [0.25, 0.3) is 0 Å². The quantitative estimate of drug-likeness (QED) is 0.685. The highest BCUT2D eigenvalue weighted by atomic mass is 16.4. The number of carbonyl (C=O) groups is 1. The van der Waals surface area contributed by atoms with Crippen molar-refractivity contribution in [2.45, 2.75) is 44.1 Å². The van der Waals surface area contributed by atoms with E-state index in [-0.39, 0.29) is 5.41 Å². The summed E-state index contributed by atoms with van der Waals surface area (Å²) in [6, 6.07) is 0. The third-order valence-corrected chi connectivity index (χ3v) is 5.62. The first kappa shape index (κ1) is 11.5. The third-order valence-electron chi connectivity index (χ3n) is 5.62. The number of hydrogen-bond donors (Lipinski definition) is 3. The number of nitrogens with two attached hydrogens (primary N) is 1. The first-order chi connectivity index (χ1) is 7.99. The fourth-order valence-corrected chi connectivity index (χ4v) is 5.12. The van der Waals surface area contributed by atoms with Crippen molar-refractivity contribution < 1.29 is 15.0 Å². The number of carboxylic acids is 1. The Balaban J connectivity index is 1.98. The number of hydrogen-bond acceptors (Lipinski definition) is 3. The smallest absolute Gasteiger partial charge is 0.326 e. The van der Waals surface area contributed by atoms with Gasteiger partial charge in [-0.15, -0.1) is 0 Å². The molecule has 1 unspecified atom stereocenters. The summed E-state index contributed by atoms with van der Waals surface area (Å²) < 4.78 is 0. The van der Waals surface area contributed by atoms with Crippen LogP contribution in [0.4, 0.5) is 0 Å². The largest absolute Gasteiger partial charge is 0.480 e. The lowest BCUT2D eigenvalue weighted by Crippen LogP contribution is -2.68. The van der Waals surface area contributed by atoms with Gasteiger partial charge in [-0.2, -0.15) is 0 Å². The molecule has 4 bridgehead atoms. The Morgan fingerprint density at radius 1 is 1.18 bits per heavy atom. The molecule has 0 saturated heterocycles. The van der Waals surface area contributed by atoms with Crippen LogP contribution in [0.15, 0.2) is 0 Å². The zero-order chi connectivity index (χ0) is 12.3. The van der Waals surface area contributed by atoms with E-state index < -0.39 is 18.1 Å². The molecule has 4 fully saturated rings. The fourth-order valence-electron chi connectivity index (χ4n) is 5.12. The van der Waals surface area contributed by atoms with Gasteiger partial charge in [0.1, 0.15) is 5.54 Å². The fraction of sp³-hybridized carbons (Fsp3) is 0.923. The van der Waals surface area contributed by atoms with E-state index in [1.54, 1.807) is 0 Å². The summed E-state index contributed by atoms with van der Waals surface area (Å²) in [5.41, 5.74) is 4.32. The Morgan fingerprint density at radius 3 is 1.88 bits per heavy atom. The molecular weight excluding hydrogens is 218 g/mol. The molecule has 4 heteroatoms. The standard InChI is InChI=1S/C13H21NO3/c14-13(7-15,11(16)17)12-4-8-1-9(5-12)3-10(2-8)6-12/h8-10,15H,1-7,14H2,(H,16,17). The molecule has 4 nitrogen and oxygen atoms in total. The normalized spacial score (nSPS) is 46.8. The molecule has 4 N–H and O–H groups in total. The van der Waals surface area contributed by atoms with Crippen LogP contribution in [0, 0.1) is 23.2 Å². The molecule has 0 aliphatic heterocycles. The molecule has 1 atom stereocenters. The maximum Gasteiger partial charge on any atom is 0.326 e. The van der Waals surface area contributed by atoms with Crippen molar-refractivity contribution in [3.05, 3.63) is 0 Å². The van der Waals surface area contributed by atoms with Gasteiger partial charge in [0.2, 0.25) is 0 Å². The molecule has 4 rings (SSSR count). The van der Waals surface area contributed by atoms with E-state index in [2.05, 4.69) is 0 Å². The van der Waals surface area contributed by atoms with Gasteiger partial charge in [-0.05, 0) is 56.3 Å². The van der Waals surface area contributed by atoms with Gasteiger partial charge in [0.05, 0.1) is 6.61 Å². The van der Waals surface area contributed by atoms with E-state index in [1.165, 1.54) is 19.3 Å². The Kier molecular flexibility index (Phi) is 2.33. The van der Waals surface area contributed by atoms with Crippen molar-refractivity contribution >= 4 is 5.97 Å². The van der Waals surface area contributed by atoms with E-state index in [0.717, 1.165) is 19.3 Å². The third kappa shape index (κ3) is 1.40. The van der Waals surface area contributed by atoms with Gasteiger partial charge in [-0.1, -0.05) is 0 Å². The van der Waals surface area contributed by atoms with Gasteiger partial charge in [0, 0.05) is 5.41 Å². The topological polar surface area (TPSA) is 83.5 Å². The van der Waals surface area contributed by atoms with Gasteiger partial charge in [0.25, 0.3) is 0 Å². The number of carboxylic acid groups (broad SMARTS) is 1. The van der Waals surface area contributed by atoms with Crippen molar-refractivity contribution in [3.8, 4) is 0 Å². The highest BCUT2D eigenvalue weighted by Crippen LogP contribution is 2.63. The molecule has 4 saturated carbocycles. The minimum Gasteiger partial charge on any atom is -0.480 e. The first-order valence-electron chi connectivity index (χ1n) is 6.62. The van der Waals surface area contributed by atoms with Crippen molar-refractivity contribution in [1.82, 2.24) is 0 Å². The van der Waals surface area contributed by atoms with Gasteiger partial charge in [-0.3, -0.25) is 4.79 Å². The predicted octanol–water partition coefficient (Wildman–Crippen LogP) is 0.977. The van der Waals surface area contributed by atoms with Crippen LogP contribution in [0.2, 0.25) is 0 Å². The molecule has 0 heterocycles. The second-order valence-electron chi connectivity index (χ2n) is 6.63. The number of aliphatic hydroxyl groups is 1. The van der Waals surface area contributed by atoms with Crippen molar-refractivity contribution in [3.63, 3.8) is 0 Å². The van der Waals surface area contributed by atoms with Crippen LogP contribution in [0.1, 0.15) is 38.5 Å². The minimum absolute atomic E-state index is 0.345. The highest BCUT2D eigenvalue weighted by Gasteiger charge is 2.62. The number of aliphatic hydroxyl groups excluding tert-OH is 1. The molecule has 4 aliphatic carbocycles. The lowest BCUT2D eigenvalue weighted by Gasteiger charge is -2.61. The molecule has 0 spiro atoms. The van der Waals surface area contributed by atoms with E-state index in [1.807, 2.05) is 0 Å². The summed E-state index contributed by atoms with van der Waals surface area (Å²) in [7, 11) is 0. The van der Waals surface area contributed by atoms with Crippen molar-refractivity contribution in [1.29, 1.82) is 0 Å². The number of aliphatic carboxylic acids is 1. The Bertz CT molecular complexity index is 319. The van der Waals surface area contributed by atoms with Crippen LogP contribution in [-0.2, 0) is 4.79 Å². The molecule has 0 aromatic carbocycles. The van der Waals surface area contributed by atoms with E-state index in [4.69, 9.17) is 5.73 Å². The van der Waals surface area contributed by atoms with Gasteiger partial charge < -0.3 is 15.9 Å². The number of rotatable bonds is 3. The summed E-state index contributed by atoms with van der Waals surface area (Å²) in [5, 5.41) is 18.9. The maximum atomic E-state index is 11.5. The molecule has 0 amide bonds. The summed E-state index contributed by atoms with van der Waals surface area (Å²) >= 11 is 0.